The SMILES string of the molecule is CCC(=O)OC(C)COCC1=CCCC=C1. The third-order valence-corrected chi connectivity index (χ3v) is 2.31. The van der Waals surface area contributed by atoms with Gasteiger partial charge in [0, 0.05) is 6.42 Å². The average Bonchev–Trinajstić information content (AvgIpc) is 2.30. The molecule has 0 fully saturated rings. The molecule has 0 bridgehead atoms. The lowest BCUT2D eigenvalue weighted by molar-refractivity contribution is -0.150. The molecule has 0 radical (unpaired) electrons. The fraction of sp³-hybridized carbons (Fsp3) is 0.615. The van der Waals surface area contributed by atoms with Crippen molar-refractivity contribution < 1.29 is 14.3 Å². The number of carbonyl (C=O) groups excluding carboxylic acids is 1. The van der Waals surface area contributed by atoms with Gasteiger partial charge in [-0.1, -0.05) is 25.2 Å². The van der Waals surface area contributed by atoms with Gasteiger partial charge in [0.25, 0.3) is 0 Å². The summed E-state index contributed by atoms with van der Waals surface area (Å²) in [5.41, 5.74) is 1.21. The summed E-state index contributed by atoms with van der Waals surface area (Å²) < 4.78 is 10.6. The van der Waals surface area contributed by atoms with E-state index in [0.29, 0.717) is 19.6 Å². The van der Waals surface area contributed by atoms with Crippen LogP contribution in [0, 0.1) is 0 Å². The summed E-state index contributed by atoms with van der Waals surface area (Å²) in [6.45, 7) is 4.69. The van der Waals surface area contributed by atoms with Crippen LogP contribution >= 0.6 is 0 Å². The molecule has 3 nitrogen and oxygen atoms in total. The van der Waals surface area contributed by atoms with E-state index in [0.717, 1.165) is 12.8 Å². The molecule has 1 atom stereocenters. The van der Waals surface area contributed by atoms with Crippen LogP contribution in [0.3, 0.4) is 0 Å². The summed E-state index contributed by atoms with van der Waals surface area (Å²) in [4.78, 5) is 11.0. The molecule has 0 N–H and O–H groups in total. The number of esters is 1. The molecule has 16 heavy (non-hydrogen) atoms. The van der Waals surface area contributed by atoms with Crippen molar-refractivity contribution in [1.29, 1.82) is 0 Å². The highest BCUT2D eigenvalue weighted by molar-refractivity contribution is 5.69. The van der Waals surface area contributed by atoms with Gasteiger partial charge in [-0.3, -0.25) is 4.79 Å². The molecule has 0 saturated carbocycles. The van der Waals surface area contributed by atoms with Crippen molar-refractivity contribution in [2.75, 3.05) is 13.2 Å². The Labute approximate surface area is 97.1 Å². The second kappa shape index (κ2) is 7.23. The zero-order valence-corrected chi connectivity index (χ0v) is 10.1. The second-order valence-electron chi connectivity index (χ2n) is 3.93. The first kappa shape index (κ1) is 13.0. The predicted octanol–water partition coefficient (Wildman–Crippen LogP) is 2.62. The smallest absolute Gasteiger partial charge is 0.305 e. The van der Waals surface area contributed by atoms with Crippen LogP contribution in [0.15, 0.2) is 23.8 Å². The molecule has 0 spiro atoms. The average molecular weight is 224 g/mol. The van der Waals surface area contributed by atoms with Gasteiger partial charge in [0.1, 0.15) is 6.10 Å². The first-order valence-corrected chi connectivity index (χ1v) is 5.85. The lowest BCUT2D eigenvalue weighted by Crippen LogP contribution is -2.20. The van der Waals surface area contributed by atoms with Crippen molar-refractivity contribution in [3.8, 4) is 0 Å². The topological polar surface area (TPSA) is 35.5 Å². The van der Waals surface area contributed by atoms with Gasteiger partial charge in [0.2, 0.25) is 0 Å². The molecule has 0 saturated heterocycles. The Bertz CT molecular complexity index is 279. The lowest BCUT2D eigenvalue weighted by atomic mass is 10.1. The standard InChI is InChI=1S/C13H20O3/c1-3-13(14)16-11(2)9-15-10-12-7-5-4-6-8-12/h5,7-8,11H,3-4,6,9-10H2,1-2H3. The van der Waals surface area contributed by atoms with Crippen molar-refractivity contribution in [3.63, 3.8) is 0 Å². The number of allylic oxidation sites excluding steroid dienone is 2. The Morgan fingerprint density at radius 1 is 1.50 bits per heavy atom. The zero-order chi connectivity index (χ0) is 11.8. The Morgan fingerprint density at radius 3 is 2.94 bits per heavy atom. The van der Waals surface area contributed by atoms with Gasteiger partial charge in [-0.15, -0.1) is 0 Å². The Balaban J connectivity index is 2.12. The minimum Gasteiger partial charge on any atom is -0.460 e. The molecule has 3 heteroatoms. The van der Waals surface area contributed by atoms with Crippen molar-refractivity contribution in [2.45, 2.75) is 39.2 Å². The molecule has 0 aliphatic heterocycles. The maximum Gasteiger partial charge on any atom is 0.305 e. The zero-order valence-electron chi connectivity index (χ0n) is 10.1. The number of rotatable bonds is 6. The van der Waals surface area contributed by atoms with Crippen molar-refractivity contribution >= 4 is 5.97 Å². The van der Waals surface area contributed by atoms with E-state index < -0.39 is 0 Å². The molecule has 1 aliphatic rings. The van der Waals surface area contributed by atoms with Gasteiger partial charge < -0.3 is 9.47 Å². The van der Waals surface area contributed by atoms with Crippen LogP contribution in [0.5, 0.6) is 0 Å². The maximum atomic E-state index is 11.0. The normalized spacial score (nSPS) is 16.8. The molecule has 90 valence electrons. The molecule has 0 aromatic rings. The summed E-state index contributed by atoms with van der Waals surface area (Å²) in [6.07, 6.45) is 8.89. The van der Waals surface area contributed by atoms with E-state index in [1.165, 1.54) is 5.57 Å². The fourth-order valence-corrected chi connectivity index (χ4v) is 1.46. The summed E-state index contributed by atoms with van der Waals surface area (Å²) in [6, 6.07) is 0. The molecule has 0 aromatic carbocycles. The fourth-order valence-electron chi connectivity index (χ4n) is 1.46. The molecular weight excluding hydrogens is 204 g/mol. The van der Waals surface area contributed by atoms with Gasteiger partial charge in [0.15, 0.2) is 0 Å². The van der Waals surface area contributed by atoms with Gasteiger partial charge in [-0.2, -0.15) is 0 Å². The lowest BCUT2D eigenvalue weighted by Gasteiger charge is -2.14. The Kier molecular flexibility index (Phi) is 5.86. The van der Waals surface area contributed by atoms with Crippen LogP contribution < -0.4 is 0 Å². The van der Waals surface area contributed by atoms with Gasteiger partial charge >= 0.3 is 5.97 Å². The van der Waals surface area contributed by atoms with Crippen LogP contribution in [-0.4, -0.2) is 25.3 Å². The van der Waals surface area contributed by atoms with E-state index in [1.54, 1.807) is 6.92 Å². The number of carbonyl (C=O) groups is 1. The minimum absolute atomic E-state index is 0.166. The van der Waals surface area contributed by atoms with Crippen LogP contribution in [0.2, 0.25) is 0 Å². The highest BCUT2D eigenvalue weighted by Gasteiger charge is 2.07. The van der Waals surface area contributed by atoms with Gasteiger partial charge in [0.05, 0.1) is 13.2 Å². The quantitative estimate of drug-likeness (QED) is 0.651. The van der Waals surface area contributed by atoms with Gasteiger partial charge in [-0.05, 0) is 25.3 Å². The van der Waals surface area contributed by atoms with Crippen LogP contribution in [0.4, 0.5) is 0 Å². The number of ether oxygens (including phenoxy) is 2. The third kappa shape index (κ3) is 5.12. The molecule has 1 aliphatic carbocycles. The number of hydrogen-bond acceptors (Lipinski definition) is 3. The van der Waals surface area contributed by atoms with Crippen molar-refractivity contribution in [3.05, 3.63) is 23.8 Å². The van der Waals surface area contributed by atoms with Crippen molar-refractivity contribution in [1.82, 2.24) is 0 Å². The van der Waals surface area contributed by atoms with E-state index in [1.807, 2.05) is 6.92 Å². The highest BCUT2D eigenvalue weighted by atomic mass is 16.6. The molecule has 0 aromatic heterocycles. The molecule has 1 unspecified atom stereocenters. The van der Waals surface area contributed by atoms with E-state index >= 15 is 0 Å². The van der Waals surface area contributed by atoms with E-state index in [9.17, 15) is 4.79 Å². The molecule has 1 rings (SSSR count). The first-order valence-electron chi connectivity index (χ1n) is 5.85. The molecule has 0 amide bonds. The maximum absolute atomic E-state index is 11.0. The van der Waals surface area contributed by atoms with E-state index in [-0.39, 0.29) is 12.1 Å². The third-order valence-electron chi connectivity index (χ3n) is 2.31. The monoisotopic (exact) mass is 224 g/mol. The van der Waals surface area contributed by atoms with Crippen LogP contribution in [0.1, 0.15) is 33.1 Å². The Morgan fingerprint density at radius 2 is 2.31 bits per heavy atom. The summed E-state index contributed by atoms with van der Waals surface area (Å²) in [7, 11) is 0. The van der Waals surface area contributed by atoms with Crippen LogP contribution in [-0.2, 0) is 14.3 Å². The largest absolute Gasteiger partial charge is 0.460 e. The van der Waals surface area contributed by atoms with Crippen molar-refractivity contribution in [2.24, 2.45) is 0 Å². The molecular formula is C13H20O3. The summed E-state index contributed by atoms with van der Waals surface area (Å²) >= 11 is 0. The Hall–Kier alpha value is -1.09. The molecule has 0 heterocycles. The predicted molar refractivity (Wildman–Crippen MR) is 63.1 cm³/mol. The highest BCUT2D eigenvalue weighted by Crippen LogP contribution is 2.09. The van der Waals surface area contributed by atoms with Crippen LogP contribution in [0.25, 0.3) is 0 Å². The number of hydrogen-bond donors (Lipinski definition) is 0. The summed E-state index contributed by atoms with van der Waals surface area (Å²) in [5.74, 6) is -0.173. The van der Waals surface area contributed by atoms with Gasteiger partial charge in [-0.25, -0.2) is 0 Å². The first-order chi connectivity index (χ1) is 7.72. The summed E-state index contributed by atoms with van der Waals surface area (Å²) in [5, 5.41) is 0. The second-order valence-corrected chi connectivity index (χ2v) is 3.93. The minimum atomic E-state index is -0.173. The van der Waals surface area contributed by atoms with E-state index in [2.05, 4.69) is 18.2 Å². The van der Waals surface area contributed by atoms with E-state index in [4.69, 9.17) is 9.47 Å².